The molecule has 0 bridgehead atoms. The summed E-state index contributed by atoms with van der Waals surface area (Å²) in [5.74, 6) is -1.69. The summed E-state index contributed by atoms with van der Waals surface area (Å²) in [6, 6.07) is 21.9. The van der Waals surface area contributed by atoms with Crippen molar-refractivity contribution in [3.05, 3.63) is 78.4 Å². The molecule has 1 saturated heterocycles. The van der Waals surface area contributed by atoms with Gasteiger partial charge in [0.15, 0.2) is 0 Å². The topological polar surface area (TPSA) is 90.0 Å². The molecule has 1 atom stereocenters. The molecule has 170 valence electrons. The first-order valence-corrected chi connectivity index (χ1v) is 11.1. The van der Waals surface area contributed by atoms with Gasteiger partial charge in [0.25, 0.3) is 5.91 Å². The number of aliphatic carboxylic acids is 1. The third-order valence-corrected chi connectivity index (χ3v) is 6.02. The molecule has 4 rings (SSSR count). The minimum atomic E-state index is -1.15. The largest absolute Gasteiger partial charge is 0.480 e. The number of anilines is 1. The van der Waals surface area contributed by atoms with E-state index in [9.17, 15) is 19.5 Å². The van der Waals surface area contributed by atoms with Gasteiger partial charge >= 0.3 is 5.97 Å². The molecule has 0 radical (unpaired) electrons. The van der Waals surface area contributed by atoms with Crippen LogP contribution in [0.1, 0.15) is 23.2 Å². The summed E-state index contributed by atoms with van der Waals surface area (Å²) in [7, 11) is 0. The first-order chi connectivity index (χ1) is 16.0. The van der Waals surface area contributed by atoms with Crippen molar-refractivity contribution in [3.8, 4) is 0 Å². The van der Waals surface area contributed by atoms with Crippen LogP contribution in [0, 0.1) is 0 Å². The van der Waals surface area contributed by atoms with E-state index >= 15 is 0 Å². The number of nitrogens with zero attached hydrogens (tertiary/aromatic N) is 2. The standard InChI is InChI=1S/C26H27N3O4/c30-24(13-12-23(26(32)33)27-25(31)20-7-2-1-3-8-20)29-16-14-28(15-17-29)22-11-10-19-6-4-5-9-21(19)18-22/h1-11,18,23H,12-17H2,(H,27,31)(H,32,33)/t23-/m0/s1. The van der Waals surface area contributed by atoms with Crippen LogP contribution in [0.25, 0.3) is 10.8 Å². The Balaban J connectivity index is 1.28. The van der Waals surface area contributed by atoms with Crippen molar-refractivity contribution in [2.45, 2.75) is 18.9 Å². The summed E-state index contributed by atoms with van der Waals surface area (Å²) in [4.78, 5) is 40.6. The number of benzene rings is 3. The van der Waals surface area contributed by atoms with Crippen molar-refractivity contribution in [2.24, 2.45) is 0 Å². The summed E-state index contributed by atoms with van der Waals surface area (Å²) >= 11 is 0. The molecule has 0 aromatic heterocycles. The van der Waals surface area contributed by atoms with Gasteiger partial charge in [0.05, 0.1) is 0 Å². The van der Waals surface area contributed by atoms with E-state index in [-0.39, 0.29) is 18.7 Å². The highest BCUT2D eigenvalue weighted by Gasteiger charge is 2.25. The van der Waals surface area contributed by atoms with Crippen LogP contribution in [0.2, 0.25) is 0 Å². The summed E-state index contributed by atoms with van der Waals surface area (Å²) in [6.45, 7) is 2.61. The highest BCUT2D eigenvalue weighted by Crippen LogP contribution is 2.23. The Hall–Kier alpha value is -3.87. The molecule has 1 fully saturated rings. The van der Waals surface area contributed by atoms with Gasteiger partial charge in [0.2, 0.25) is 5.91 Å². The van der Waals surface area contributed by atoms with Crippen molar-refractivity contribution < 1.29 is 19.5 Å². The van der Waals surface area contributed by atoms with Gasteiger partial charge in [0, 0.05) is 43.9 Å². The minimum Gasteiger partial charge on any atom is -0.480 e. The number of hydrogen-bond acceptors (Lipinski definition) is 4. The first kappa shape index (κ1) is 22.3. The van der Waals surface area contributed by atoms with Gasteiger partial charge in [-0.1, -0.05) is 48.5 Å². The van der Waals surface area contributed by atoms with Crippen molar-refractivity contribution in [2.75, 3.05) is 31.1 Å². The predicted molar refractivity (Wildman–Crippen MR) is 127 cm³/mol. The SMILES string of the molecule is O=C(N[C@@H](CCC(=O)N1CCN(c2ccc3ccccc3c2)CC1)C(=O)O)c1ccccc1. The van der Waals surface area contributed by atoms with Crippen molar-refractivity contribution in [1.82, 2.24) is 10.2 Å². The molecule has 2 amide bonds. The second-order valence-electron chi connectivity index (χ2n) is 8.17. The fraction of sp³-hybridized carbons (Fsp3) is 0.269. The number of carboxylic acids is 1. The van der Waals surface area contributed by atoms with Crippen molar-refractivity contribution in [3.63, 3.8) is 0 Å². The number of piperazine rings is 1. The average Bonchev–Trinajstić information content (AvgIpc) is 2.86. The van der Waals surface area contributed by atoms with Crippen LogP contribution in [-0.4, -0.2) is 60.0 Å². The molecule has 33 heavy (non-hydrogen) atoms. The van der Waals surface area contributed by atoms with E-state index in [1.807, 2.05) is 12.1 Å². The molecular formula is C26H27N3O4. The van der Waals surface area contributed by atoms with Gasteiger partial charge in [-0.3, -0.25) is 9.59 Å². The monoisotopic (exact) mass is 445 g/mol. The van der Waals surface area contributed by atoms with E-state index in [0.29, 0.717) is 18.7 Å². The summed E-state index contributed by atoms with van der Waals surface area (Å²) < 4.78 is 0. The number of nitrogens with one attached hydrogen (secondary N) is 1. The molecule has 0 aliphatic carbocycles. The lowest BCUT2D eigenvalue weighted by atomic mass is 10.1. The third kappa shape index (κ3) is 5.49. The Morgan fingerprint density at radius 2 is 1.52 bits per heavy atom. The Labute approximate surface area is 192 Å². The predicted octanol–water partition coefficient (Wildman–Crippen LogP) is 3.15. The molecule has 0 spiro atoms. The number of carbonyl (C=O) groups is 3. The molecule has 7 nitrogen and oxygen atoms in total. The van der Waals surface area contributed by atoms with E-state index in [1.165, 1.54) is 10.8 Å². The number of carbonyl (C=O) groups excluding carboxylic acids is 2. The van der Waals surface area contributed by atoms with E-state index in [2.05, 4.69) is 40.5 Å². The second-order valence-corrected chi connectivity index (χ2v) is 8.17. The Morgan fingerprint density at radius 1 is 0.848 bits per heavy atom. The fourth-order valence-electron chi connectivity index (χ4n) is 4.10. The smallest absolute Gasteiger partial charge is 0.326 e. The highest BCUT2D eigenvalue weighted by molar-refractivity contribution is 5.96. The third-order valence-electron chi connectivity index (χ3n) is 6.02. The maximum atomic E-state index is 12.7. The van der Waals surface area contributed by atoms with Gasteiger partial charge < -0.3 is 20.2 Å². The van der Waals surface area contributed by atoms with Crippen LogP contribution in [0.3, 0.4) is 0 Å². The summed E-state index contributed by atoms with van der Waals surface area (Å²) in [6.07, 6.45) is 0.125. The zero-order valence-electron chi connectivity index (χ0n) is 18.3. The lowest BCUT2D eigenvalue weighted by Crippen LogP contribution is -2.49. The molecule has 3 aromatic rings. The minimum absolute atomic E-state index is 0.0532. The number of hydrogen-bond donors (Lipinski definition) is 2. The van der Waals surface area contributed by atoms with Crippen LogP contribution in [-0.2, 0) is 9.59 Å². The summed E-state index contributed by atoms with van der Waals surface area (Å²) in [5, 5.41) is 14.4. The molecule has 0 unspecified atom stereocenters. The first-order valence-electron chi connectivity index (χ1n) is 11.1. The molecule has 3 aromatic carbocycles. The molecular weight excluding hydrogens is 418 g/mol. The van der Waals surface area contributed by atoms with Gasteiger partial charge in [-0.2, -0.15) is 0 Å². The van der Waals surface area contributed by atoms with Crippen LogP contribution in [0.5, 0.6) is 0 Å². The lowest BCUT2D eigenvalue weighted by Gasteiger charge is -2.36. The van der Waals surface area contributed by atoms with Gasteiger partial charge in [-0.05, 0) is 41.5 Å². The highest BCUT2D eigenvalue weighted by atomic mass is 16.4. The second kappa shape index (κ2) is 10.2. The average molecular weight is 446 g/mol. The van der Waals surface area contributed by atoms with E-state index in [1.54, 1.807) is 35.2 Å². The van der Waals surface area contributed by atoms with E-state index in [4.69, 9.17) is 0 Å². The number of fused-ring (bicyclic) bond motifs is 1. The Kier molecular flexibility index (Phi) is 6.88. The van der Waals surface area contributed by atoms with Crippen LogP contribution < -0.4 is 10.2 Å². The van der Waals surface area contributed by atoms with Crippen LogP contribution in [0.4, 0.5) is 5.69 Å². The number of rotatable bonds is 7. The zero-order valence-corrected chi connectivity index (χ0v) is 18.3. The molecule has 1 aliphatic heterocycles. The summed E-state index contributed by atoms with van der Waals surface area (Å²) in [5.41, 5.74) is 1.52. The number of carboxylic acid groups (broad SMARTS) is 1. The zero-order chi connectivity index (χ0) is 23.2. The Bertz CT molecular complexity index is 1140. The van der Waals surface area contributed by atoms with Gasteiger partial charge in [-0.15, -0.1) is 0 Å². The fourth-order valence-corrected chi connectivity index (χ4v) is 4.10. The lowest BCUT2D eigenvalue weighted by molar-refractivity contribution is -0.139. The molecule has 7 heteroatoms. The number of amides is 2. The molecule has 0 saturated carbocycles. The van der Waals surface area contributed by atoms with Crippen LogP contribution >= 0.6 is 0 Å². The van der Waals surface area contributed by atoms with Crippen molar-refractivity contribution in [1.29, 1.82) is 0 Å². The van der Waals surface area contributed by atoms with Gasteiger partial charge in [0.1, 0.15) is 6.04 Å². The molecule has 1 heterocycles. The Morgan fingerprint density at radius 3 is 2.21 bits per heavy atom. The maximum Gasteiger partial charge on any atom is 0.326 e. The van der Waals surface area contributed by atoms with Crippen molar-refractivity contribution >= 4 is 34.2 Å². The van der Waals surface area contributed by atoms with Gasteiger partial charge in [-0.25, -0.2) is 4.79 Å². The quantitative estimate of drug-likeness (QED) is 0.583. The normalized spacial score (nSPS) is 14.7. The van der Waals surface area contributed by atoms with Crippen LogP contribution in [0.15, 0.2) is 72.8 Å². The molecule has 1 aliphatic rings. The van der Waals surface area contributed by atoms with E-state index in [0.717, 1.165) is 18.8 Å². The molecule has 2 N–H and O–H groups in total. The maximum absolute atomic E-state index is 12.7. The van der Waals surface area contributed by atoms with E-state index < -0.39 is 17.9 Å².